The summed E-state index contributed by atoms with van der Waals surface area (Å²) in [6.45, 7) is 6.50. The molecule has 1 saturated heterocycles. The minimum atomic E-state index is -0.888. The van der Waals surface area contributed by atoms with Gasteiger partial charge in [-0.2, -0.15) is 0 Å². The zero-order chi connectivity index (χ0) is 25.0. The van der Waals surface area contributed by atoms with Crippen molar-refractivity contribution >= 4 is 40.7 Å². The van der Waals surface area contributed by atoms with E-state index in [0.717, 1.165) is 13.1 Å². The third-order valence-corrected chi connectivity index (χ3v) is 6.48. The normalized spacial score (nSPS) is 17.5. The lowest BCUT2D eigenvalue weighted by Gasteiger charge is -2.27. The predicted molar refractivity (Wildman–Crippen MR) is 131 cm³/mol. The summed E-state index contributed by atoms with van der Waals surface area (Å²) in [5.74, 6) is -1.76. The number of carbonyl (C=O) groups excluding carboxylic acids is 2. The predicted octanol–water partition coefficient (Wildman–Crippen LogP) is 4.17. The van der Waals surface area contributed by atoms with E-state index in [1.54, 1.807) is 24.4 Å². The van der Waals surface area contributed by atoms with Crippen LogP contribution in [0.15, 0.2) is 36.0 Å². The molecule has 1 atom stereocenters. The Morgan fingerprint density at radius 1 is 1.15 bits per heavy atom. The fourth-order valence-electron chi connectivity index (χ4n) is 4.04. The molecule has 1 aliphatic heterocycles. The molecule has 2 aromatic rings. The van der Waals surface area contributed by atoms with Gasteiger partial charge in [-0.25, -0.2) is 0 Å². The maximum absolute atomic E-state index is 13.2. The van der Waals surface area contributed by atoms with Gasteiger partial charge in [-0.05, 0) is 31.3 Å². The number of ketones is 1. The van der Waals surface area contributed by atoms with Gasteiger partial charge >= 0.3 is 0 Å². The van der Waals surface area contributed by atoms with Crippen LogP contribution in [0.3, 0.4) is 0 Å². The van der Waals surface area contributed by atoms with Gasteiger partial charge in [0.05, 0.1) is 36.1 Å². The minimum Gasteiger partial charge on any atom is -0.507 e. The lowest BCUT2D eigenvalue weighted by atomic mass is 9.97. The molecule has 0 spiro atoms. The molecule has 1 N–H and O–H groups in total. The summed E-state index contributed by atoms with van der Waals surface area (Å²) in [6.07, 6.45) is 1.57. The number of likely N-dealkylation sites (N-methyl/N-ethyl adjacent to an activating group) is 1. The number of pyridine rings is 1. The van der Waals surface area contributed by atoms with Crippen LogP contribution in [-0.2, 0) is 9.59 Å². The van der Waals surface area contributed by atoms with Crippen LogP contribution in [0.25, 0.3) is 5.76 Å². The van der Waals surface area contributed by atoms with E-state index in [1.165, 1.54) is 25.2 Å². The number of carbonyl (C=O) groups is 2. The molecular weight excluding hydrogens is 481 g/mol. The van der Waals surface area contributed by atoms with Gasteiger partial charge in [0, 0.05) is 19.3 Å². The third kappa shape index (κ3) is 4.71. The highest BCUT2D eigenvalue weighted by atomic mass is 35.5. The van der Waals surface area contributed by atoms with Gasteiger partial charge in [-0.3, -0.25) is 14.6 Å². The number of benzene rings is 1. The molecular formula is C24H27Cl2N3O5. The monoisotopic (exact) mass is 507 g/mol. The van der Waals surface area contributed by atoms with E-state index in [2.05, 4.69) is 9.88 Å². The first-order chi connectivity index (χ1) is 16.3. The van der Waals surface area contributed by atoms with Crippen molar-refractivity contribution in [3.63, 3.8) is 0 Å². The smallest absolute Gasteiger partial charge is 0.295 e. The van der Waals surface area contributed by atoms with Crippen molar-refractivity contribution in [2.45, 2.75) is 19.9 Å². The molecule has 34 heavy (non-hydrogen) atoms. The van der Waals surface area contributed by atoms with Gasteiger partial charge in [0.1, 0.15) is 16.8 Å². The Balaban J connectivity index is 2.20. The summed E-state index contributed by atoms with van der Waals surface area (Å²) in [5.41, 5.74) is 0.410. The van der Waals surface area contributed by atoms with Crippen LogP contribution < -0.4 is 9.47 Å². The molecule has 0 aliphatic carbocycles. The summed E-state index contributed by atoms with van der Waals surface area (Å²) in [6, 6.07) is 5.70. The van der Waals surface area contributed by atoms with Crippen LogP contribution in [0.1, 0.15) is 31.1 Å². The molecule has 1 fully saturated rings. The number of halogens is 2. The number of Topliss-reactive ketones (excluding diaryl/α,β-unsaturated/α-hetero) is 1. The zero-order valence-corrected chi connectivity index (χ0v) is 21.0. The molecule has 0 bridgehead atoms. The number of hydrogen-bond donors (Lipinski definition) is 1. The summed E-state index contributed by atoms with van der Waals surface area (Å²) >= 11 is 12.7. The van der Waals surface area contributed by atoms with Crippen LogP contribution >= 0.6 is 23.2 Å². The Labute approximate surface area is 208 Å². The van der Waals surface area contributed by atoms with Gasteiger partial charge in [0.25, 0.3) is 11.7 Å². The second-order valence-electron chi connectivity index (χ2n) is 7.56. The molecule has 1 unspecified atom stereocenters. The van der Waals surface area contributed by atoms with E-state index in [9.17, 15) is 14.7 Å². The number of rotatable bonds is 9. The number of nitrogens with zero attached hydrogens (tertiary/aromatic N) is 3. The maximum atomic E-state index is 13.2. The topological polar surface area (TPSA) is 92.2 Å². The molecule has 3 rings (SSSR count). The lowest BCUT2D eigenvalue weighted by Crippen LogP contribution is -2.38. The van der Waals surface area contributed by atoms with E-state index in [-0.39, 0.29) is 39.2 Å². The van der Waals surface area contributed by atoms with Crippen molar-refractivity contribution in [3.8, 4) is 11.5 Å². The van der Waals surface area contributed by atoms with Crippen molar-refractivity contribution in [3.05, 3.63) is 57.3 Å². The Hall–Kier alpha value is -2.81. The Morgan fingerprint density at radius 3 is 2.38 bits per heavy atom. The van der Waals surface area contributed by atoms with Gasteiger partial charge in [-0.1, -0.05) is 43.1 Å². The molecule has 10 heteroatoms. The number of amides is 1. The zero-order valence-electron chi connectivity index (χ0n) is 19.5. The molecule has 2 heterocycles. The van der Waals surface area contributed by atoms with Crippen LogP contribution in [0.2, 0.25) is 10.0 Å². The average molecular weight is 508 g/mol. The molecule has 1 aromatic carbocycles. The summed E-state index contributed by atoms with van der Waals surface area (Å²) < 4.78 is 10.6. The average Bonchev–Trinajstić information content (AvgIpc) is 3.09. The molecule has 1 amide bonds. The number of hydrogen-bond acceptors (Lipinski definition) is 7. The molecule has 0 radical (unpaired) electrons. The number of aliphatic hydroxyl groups is 1. The lowest BCUT2D eigenvalue weighted by molar-refractivity contribution is -0.140. The Morgan fingerprint density at radius 2 is 1.82 bits per heavy atom. The molecule has 1 aliphatic rings. The number of likely N-dealkylation sites (tertiary alicyclic amines) is 1. The van der Waals surface area contributed by atoms with E-state index >= 15 is 0 Å². The summed E-state index contributed by atoms with van der Waals surface area (Å²) in [7, 11) is 2.76. The molecule has 8 nitrogen and oxygen atoms in total. The van der Waals surface area contributed by atoms with Gasteiger partial charge in [0.2, 0.25) is 0 Å². The fourth-order valence-corrected chi connectivity index (χ4v) is 4.72. The van der Waals surface area contributed by atoms with Crippen LogP contribution in [-0.4, -0.2) is 72.0 Å². The second-order valence-corrected chi connectivity index (χ2v) is 8.35. The van der Waals surface area contributed by atoms with Crippen LogP contribution in [0.5, 0.6) is 11.5 Å². The van der Waals surface area contributed by atoms with E-state index in [1.807, 2.05) is 13.8 Å². The van der Waals surface area contributed by atoms with Crippen molar-refractivity contribution < 1.29 is 24.2 Å². The number of methoxy groups -OCH3 is 2. The van der Waals surface area contributed by atoms with E-state index in [0.29, 0.717) is 12.2 Å². The first kappa shape index (κ1) is 25.8. The number of aromatic nitrogens is 1. The van der Waals surface area contributed by atoms with Crippen molar-refractivity contribution in [2.75, 3.05) is 40.4 Å². The van der Waals surface area contributed by atoms with Gasteiger partial charge < -0.3 is 24.4 Å². The van der Waals surface area contributed by atoms with Crippen LogP contribution in [0, 0.1) is 0 Å². The van der Waals surface area contributed by atoms with Crippen molar-refractivity contribution in [1.29, 1.82) is 0 Å². The third-order valence-electron chi connectivity index (χ3n) is 5.85. The highest BCUT2D eigenvalue weighted by Gasteiger charge is 2.47. The maximum Gasteiger partial charge on any atom is 0.295 e. The second kappa shape index (κ2) is 11.1. The molecule has 0 saturated carbocycles. The highest BCUT2D eigenvalue weighted by molar-refractivity contribution is 6.47. The standard InChI is InChI=1S/C24H27Cl2N3O5/c1-5-28(6-2)11-12-29-19(16-9-7-8-10-27-16)17(21(31)24(29)32)20(30)14-13-15(25)23(34-4)18(26)22(14)33-3/h7-10,13,19,30H,5-6,11-12H2,1-4H3/b20-17+. The fraction of sp³-hybridized carbons (Fsp3) is 0.375. The van der Waals surface area contributed by atoms with Gasteiger partial charge in [-0.15, -0.1) is 0 Å². The van der Waals surface area contributed by atoms with Crippen LogP contribution in [0.4, 0.5) is 0 Å². The SMILES string of the molecule is CCN(CC)CCN1C(=O)C(=O)/C(=C(/O)c2cc(Cl)c(OC)c(Cl)c2OC)C1c1ccccn1. The highest BCUT2D eigenvalue weighted by Crippen LogP contribution is 2.47. The van der Waals surface area contributed by atoms with E-state index < -0.39 is 23.5 Å². The first-order valence-corrected chi connectivity index (χ1v) is 11.6. The molecule has 1 aromatic heterocycles. The largest absolute Gasteiger partial charge is 0.507 e. The molecule has 182 valence electrons. The Kier molecular flexibility index (Phi) is 8.41. The van der Waals surface area contributed by atoms with Crippen molar-refractivity contribution in [2.24, 2.45) is 0 Å². The summed E-state index contributed by atoms with van der Waals surface area (Å²) in [5, 5.41) is 11.5. The van der Waals surface area contributed by atoms with E-state index in [4.69, 9.17) is 32.7 Å². The quantitative estimate of drug-likeness (QED) is 0.309. The summed E-state index contributed by atoms with van der Waals surface area (Å²) in [4.78, 5) is 34.3. The number of ether oxygens (including phenoxy) is 2. The number of aliphatic hydroxyl groups excluding tert-OH is 1. The van der Waals surface area contributed by atoms with Gasteiger partial charge in [0.15, 0.2) is 11.5 Å². The first-order valence-electron chi connectivity index (χ1n) is 10.8. The Bertz CT molecular complexity index is 1100. The minimum absolute atomic E-state index is 0.0317. The van der Waals surface area contributed by atoms with Crippen molar-refractivity contribution in [1.82, 2.24) is 14.8 Å².